The molecule has 3 rings (SSSR count). The van der Waals surface area contributed by atoms with E-state index in [4.69, 9.17) is 27.9 Å². The number of ether oxygens (including phenoxy) is 1. The van der Waals surface area contributed by atoms with E-state index in [-0.39, 0.29) is 22.6 Å². The van der Waals surface area contributed by atoms with Crippen LogP contribution in [0.5, 0.6) is 5.75 Å². The number of hydrogen-bond donors (Lipinski definition) is 1. The Kier molecular flexibility index (Phi) is 7.29. The van der Waals surface area contributed by atoms with Gasteiger partial charge in [0.1, 0.15) is 11.5 Å². The molecule has 0 aliphatic carbocycles. The molecule has 1 heterocycles. The van der Waals surface area contributed by atoms with Crippen molar-refractivity contribution in [3.63, 3.8) is 0 Å². The number of ketones is 1. The number of methoxy groups -OCH3 is 1. The number of halogens is 2. The summed E-state index contributed by atoms with van der Waals surface area (Å²) in [5.41, 5.74) is 1.77. The zero-order valence-electron chi connectivity index (χ0n) is 17.7. The fourth-order valence-corrected chi connectivity index (χ4v) is 4.37. The molecule has 2 aromatic rings. The number of aliphatic hydroxyl groups excluding tert-OH is 1. The molecule has 5 nitrogen and oxygen atoms in total. The average molecular weight is 462 g/mol. The first kappa shape index (κ1) is 23.2. The highest BCUT2D eigenvalue weighted by atomic mass is 35.5. The first-order chi connectivity index (χ1) is 14.8. The Morgan fingerprint density at radius 1 is 1.13 bits per heavy atom. The van der Waals surface area contributed by atoms with E-state index in [1.165, 1.54) is 12.0 Å². The molecule has 0 bridgehead atoms. The number of hydrogen-bond acceptors (Lipinski definition) is 4. The molecule has 0 saturated carbocycles. The normalized spacial score (nSPS) is 18.0. The number of amides is 1. The van der Waals surface area contributed by atoms with Crippen molar-refractivity contribution in [3.05, 3.63) is 68.7 Å². The maximum Gasteiger partial charge on any atom is 0.295 e. The van der Waals surface area contributed by atoms with Gasteiger partial charge in [0.05, 0.1) is 29.3 Å². The molecule has 0 spiro atoms. The van der Waals surface area contributed by atoms with Crippen LogP contribution >= 0.6 is 23.2 Å². The Morgan fingerprint density at radius 2 is 1.81 bits per heavy atom. The highest BCUT2D eigenvalue weighted by Gasteiger charge is 2.46. The van der Waals surface area contributed by atoms with Crippen LogP contribution in [-0.2, 0) is 9.59 Å². The Bertz CT molecular complexity index is 1030. The highest BCUT2D eigenvalue weighted by molar-refractivity contribution is 6.46. The summed E-state index contributed by atoms with van der Waals surface area (Å²) in [5.74, 6) is -1.42. The summed E-state index contributed by atoms with van der Waals surface area (Å²) in [6, 6.07) is 9.60. The van der Waals surface area contributed by atoms with E-state index in [0.29, 0.717) is 22.2 Å². The van der Waals surface area contributed by atoms with Crippen LogP contribution in [0.4, 0.5) is 0 Å². The molecule has 0 aromatic heterocycles. The molecule has 1 N–H and O–H groups in total. The third kappa shape index (κ3) is 4.58. The van der Waals surface area contributed by atoms with Crippen LogP contribution in [0.15, 0.2) is 42.0 Å². The summed E-state index contributed by atoms with van der Waals surface area (Å²) in [6.07, 6.45) is 2.67. The van der Waals surface area contributed by atoms with Crippen molar-refractivity contribution in [2.75, 3.05) is 13.7 Å². The Balaban J connectivity index is 2.21. The molecule has 1 fully saturated rings. The van der Waals surface area contributed by atoms with E-state index < -0.39 is 17.7 Å². The summed E-state index contributed by atoms with van der Waals surface area (Å²) < 4.78 is 5.38. The Hall–Kier alpha value is -2.50. The lowest BCUT2D eigenvalue weighted by molar-refractivity contribution is -0.139. The predicted molar refractivity (Wildman–Crippen MR) is 123 cm³/mol. The van der Waals surface area contributed by atoms with Gasteiger partial charge >= 0.3 is 0 Å². The number of carbonyl (C=O) groups excluding carboxylic acids is 2. The molecule has 1 atom stereocenters. The highest BCUT2D eigenvalue weighted by Crippen LogP contribution is 2.43. The van der Waals surface area contributed by atoms with Crippen LogP contribution in [-0.4, -0.2) is 35.4 Å². The predicted octanol–water partition coefficient (Wildman–Crippen LogP) is 5.92. The number of benzene rings is 2. The lowest BCUT2D eigenvalue weighted by Crippen LogP contribution is -2.30. The minimum atomic E-state index is -0.728. The third-order valence-electron chi connectivity index (χ3n) is 5.38. The maximum atomic E-state index is 13.1. The molecule has 0 radical (unpaired) electrons. The average Bonchev–Trinajstić information content (AvgIpc) is 2.98. The van der Waals surface area contributed by atoms with Crippen LogP contribution in [0.1, 0.15) is 48.9 Å². The van der Waals surface area contributed by atoms with E-state index in [1.54, 1.807) is 36.4 Å². The molecule has 31 heavy (non-hydrogen) atoms. The Labute approximate surface area is 192 Å². The molecule has 1 aliphatic heterocycles. The van der Waals surface area contributed by atoms with Gasteiger partial charge in [0.2, 0.25) is 0 Å². The standard InChI is InChI=1S/C24H25Cl2NO4/c1-4-5-6-11-27-20(15-7-9-16(25)10-8-15)19(22(29)24(27)30)21(28)17-12-14(2)13-18(26)23(17)31-3/h7-10,12-13,20,28H,4-6,11H2,1-3H3/b21-19+. The number of aryl methyl sites for hydroxylation is 1. The number of carbonyl (C=O) groups is 2. The van der Waals surface area contributed by atoms with Gasteiger partial charge in [0.15, 0.2) is 0 Å². The lowest BCUT2D eigenvalue weighted by atomic mass is 9.94. The summed E-state index contributed by atoms with van der Waals surface area (Å²) >= 11 is 12.3. The monoisotopic (exact) mass is 461 g/mol. The number of nitrogens with zero attached hydrogens (tertiary/aromatic N) is 1. The number of unbranched alkanes of at least 4 members (excludes halogenated alkanes) is 2. The van der Waals surface area contributed by atoms with Crippen molar-refractivity contribution in [3.8, 4) is 5.75 Å². The van der Waals surface area contributed by atoms with E-state index >= 15 is 0 Å². The summed E-state index contributed by atoms with van der Waals surface area (Å²) in [4.78, 5) is 27.5. The first-order valence-electron chi connectivity index (χ1n) is 10.2. The van der Waals surface area contributed by atoms with Gasteiger partial charge in [-0.25, -0.2) is 0 Å². The summed E-state index contributed by atoms with van der Waals surface area (Å²) in [6.45, 7) is 4.30. The molecule has 2 aromatic carbocycles. The largest absolute Gasteiger partial charge is 0.507 e. The van der Waals surface area contributed by atoms with Crippen molar-refractivity contribution < 1.29 is 19.4 Å². The SMILES string of the molecule is CCCCCN1C(=O)C(=O)/C(=C(/O)c2cc(C)cc(Cl)c2OC)C1c1ccc(Cl)cc1. The molecule has 1 saturated heterocycles. The van der Waals surface area contributed by atoms with Gasteiger partial charge in [-0.2, -0.15) is 0 Å². The van der Waals surface area contributed by atoms with E-state index in [9.17, 15) is 14.7 Å². The quantitative estimate of drug-likeness (QED) is 0.240. The number of rotatable bonds is 7. The fourth-order valence-electron chi connectivity index (χ4n) is 3.89. The second-order valence-corrected chi connectivity index (χ2v) is 8.42. The maximum absolute atomic E-state index is 13.1. The van der Waals surface area contributed by atoms with Crippen molar-refractivity contribution in [2.45, 2.75) is 39.2 Å². The van der Waals surface area contributed by atoms with E-state index in [2.05, 4.69) is 6.92 Å². The number of likely N-dealkylation sites (tertiary alicyclic amines) is 1. The second-order valence-electron chi connectivity index (χ2n) is 7.58. The zero-order valence-corrected chi connectivity index (χ0v) is 19.3. The smallest absolute Gasteiger partial charge is 0.295 e. The molecule has 1 aliphatic rings. The summed E-state index contributed by atoms with van der Waals surface area (Å²) in [7, 11) is 1.44. The summed E-state index contributed by atoms with van der Waals surface area (Å²) in [5, 5.41) is 12.1. The minimum absolute atomic E-state index is 0.0174. The number of Topliss-reactive ketones (excluding diaryl/α,β-unsaturated/α-hetero) is 1. The number of aliphatic hydroxyl groups is 1. The van der Waals surface area contributed by atoms with Crippen LogP contribution in [0.2, 0.25) is 10.0 Å². The molecule has 7 heteroatoms. The van der Waals surface area contributed by atoms with Crippen LogP contribution in [0, 0.1) is 6.92 Å². The zero-order chi connectivity index (χ0) is 22.7. The van der Waals surface area contributed by atoms with E-state index in [0.717, 1.165) is 24.8 Å². The van der Waals surface area contributed by atoms with Crippen LogP contribution in [0.25, 0.3) is 5.76 Å². The lowest BCUT2D eigenvalue weighted by Gasteiger charge is -2.25. The van der Waals surface area contributed by atoms with Crippen molar-refractivity contribution >= 4 is 40.7 Å². The van der Waals surface area contributed by atoms with Gasteiger partial charge in [0, 0.05) is 11.6 Å². The molecule has 1 amide bonds. The van der Waals surface area contributed by atoms with Gasteiger partial charge in [-0.15, -0.1) is 0 Å². The van der Waals surface area contributed by atoms with Gasteiger partial charge in [-0.3, -0.25) is 9.59 Å². The molecule has 164 valence electrons. The van der Waals surface area contributed by atoms with Gasteiger partial charge in [-0.05, 0) is 48.7 Å². The van der Waals surface area contributed by atoms with Gasteiger partial charge in [-0.1, -0.05) is 55.1 Å². The molecule has 1 unspecified atom stereocenters. The van der Waals surface area contributed by atoms with Crippen molar-refractivity contribution in [1.29, 1.82) is 0 Å². The molecular formula is C24H25Cl2NO4. The fraction of sp³-hybridized carbons (Fsp3) is 0.333. The van der Waals surface area contributed by atoms with Crippen LogP contribution < -0.4 is 4.74 Å². The van der Waals surface area contributed by atoms with Crippen molar-refractivity contribution in [2.24, 2.45) is 0 Å². The Morgan fingerprint density at radius 3 is 2.42 bits per heavy atom. The van der Waals surface area contributed by atoms with E-state index in [1.807, 2.05) is 6.92 Å². The van der Waals surface area contributed by atoms with Crippen molar-refractivity contribution in [1.82, 2.24) is 4.90 Å². The van der Waals surface area contributed by atoms with Gasteiger partial charge < -0.3 is 14.7 Å². The van der Waals surface area contributed by atoms with Gasteiger partial charge in [0.25, 0.3) is 11.7 Å². The molecular weight excluding hydrogens is 437 g/mol. The first-order valence-corrected chi connectivity index (χ1v) is 10.9. The minimum Gasteiger partial charge on any atom is -0.507 e. The second kappa shape index (κ2) is 9.75. The topological polar surface area (TPSA) is 66.8 Å². The third-order valence-corrected chi connectivity index (χ3v) is 5.91. The van der Waals surface area contributed by atoms with Crippen LogP contribution in [0.3, 0.4) is 0 Å².